The summed E-state index contributed by atoms with van der Waals surface area (Å²) in [5, 5.41) is 3.57. The molecule has 0 heterocycles. The SMILES string of the molecule is CCCc1ccc(C(NC)C2CCCC2(C)C)cc1. The molecule has 106 valence electrons. The Hall–Kier alpha value is -0.820. The molecule has 1 heteroatoms. The number of aryl methyl sites for hydroxylation is 1. The highest BCUT2D eigenvalue weighted by Crippen LogP contribution is 2.48. The Morgan fingerprint density at radius 3 is 2.42 bits per heavy atom. The van der Waals surface area contributed by atoms with Crippen molar-refractivity contribution in [3.05, 3.63) is 35.4 Å². The first-order valence-electron chi connectivity index (χ1n) is 7.84. The molecule has 2 atom stereocenters. The second-order valence-corrected chi connectivity index (χ2v) is 6.75. The molecule has 0 spiro atoms. The predicted molar refractivity (Wildman–Crippen MR) is 83.4 cm³/mol. The fourth-order valence-electron chi connectivity index (χ4n) is 3.75. The predicted octanol–water partition coefficient (Wildman–Crippen LogP) is 4.73. The first-order valence-corrected chi connectivity index (χ1v) is 7.84. The largest absolute Gasteiger partial charge is 0.313 e. The molecule has 1 nitrogen and oxygen atoms in total. The van der Waals surface area contributed by atoms with E-state index in [1.165, 1.54) is 43.2 Å². The third-order valence-corrected chi connectivity index (χ3v) is 4.93. The minimum Gasteiger partial charge on any atom is -0.313 e. The van der Waals surface area contributed by atoms with Crippen LogP contribution in [0.1, 0.15) is 63.6 Å². The molecule has 2 unspecified atom stereocenters. The molecule has 1 aliphatic rings. The summed E-state index contributed by atoms with van der Waals surface area (Å²) in [6, 6.07) is 9.80. The molecular weight excluding hydrogens is 230 g/mol. The van der Waals surface area contributed by atoms with Crippen molar-refractivity contribution in [1.29, 1.82) is 0 Å². The monoisotopic (exact) mass is 259 g/mol. The molecular formula is C18H29N. The quantitative estimate of drug-likeness (QED) is 0.806. The number of benzene rings is 1. The Balaban J connectivity index is 2.17. The summed E-state index contributed by atoms with van der Waals surface area (Å²) in [6.45, 7) is 7.10. The third kappa shape index (κ3) is 3.20. The molecule has 1 aliphatic carbocycles. The van der Waals surface area contributed by atoms with Gasteiger partial charge in [0, 0.05) is 6.04 Å². The van der Waals surface area contributed by atoms with E-state index < -0.39 is 0 Å². The van der Waals surface area contributed by atoms with Gasteiger partial charge in [0.2, 0.25) is 0 Å². The summed E-state index contributed by atoms with van der Waals surface area (Å²) < 4.78 is 0. The van der Waals surface area contributed by atoms with Crippen LogP contribution in [0, 0.1) is 11.3 Å². The van der Waals surface area contributed by atoms with Crippen molar-refractivity contribution in [2.75, 3.05) is 7.05 Å². The molecule has 1 aromatic rings. The lowest BCUT2D eigenvalue weighted by atomic mass is 9.75. The zero-order valence-electron chi connectivity index (χ0n) is 13.0. The van der Waals surface area contributed by atoms with Gasteiger partial charge in [0.05, 0.1) is 0 Å². The Morgan fingerprint density at radius 1 is 1.26 bits per heavy atom. The third-order valence-electron chi connectivity index (χ3n) is 4.93. The van der Waals surface area contributed by atoms with Gasteiger partial charge >= 0.3 is 0 Å². The van der Waals surface area contributed by atoms with Crippen LogP contribution < -0.4 is 5.32 Å². The fraction of sp³-hybridized carbons (Fsp3) is 0.667. The Labute approximate surface area is 118 Å². The van der Waals surface area contributed by atoms with Gasteiger partial charge < -0.3 is 5.32 Å². The van der Waals surface area contributed by atoms with Crippen LogP contribution in [0.15, 0.2) is 24.3 Å². The summed E-state index contributed by atoms with van der Waals surface area (Å²) in [4.78, 5) is 0. The highest BCUT2D eigenvalue weighted by atomic mass is 14.9. The van der Waals surface area contributed by atoms with Crippen LogP contribution in [0.25, 0.3) is 0 Å². The van der Waals surface area contributed by atoms with Gasteiger partial charge in [0.1, 0.15) is 0 Å². The highest BCUT2D eigenvalue weighted by Gasteiger charge is 2.39. The maximum Gasteiger partial charge on any atom is 0.0351 e. The highest BCUT2D eigenvalue weighted by molar-refractivity contribution is 5.26. The van der Waals surface area contributed by atoms with Crippen LogP contribution >= 0.6 is 0 Å². The number of hydrogen-bond donors (Lipinski definition) is 1. The van der Waals surface area contributed by atoms with Crippen molar-refractivity contribution in [2.45, 2.75) is 58.9 Å². The fourth-order valence-corrected chi connectivity index (χ4v) is 3.75. The number of rotatable bonds is 5. The van der Waals surface area contributed by atoms with Crippen molar-refractivity contribution in [2.24, 2.45) is 11.3 Å². The van der Waals surface area contributed by atoms with Crippen LogP contribution in [0.2, 0.25) is 0 Å². The van der Waals surface area contributed by atoms with Crippen molar-refractivity contribution >= 4 is 0 Å². The molecule has 0 saturated heterocycles. The Morgan fingerprint density at radius 2 is 1.95 bits per heavy atom. The van der Waals surface area contributed by atoms with E-state index in [9.17, 15) is 0 Å². The smallest absolute Gasteiger partial charge is 0.0351 e. The Bertz CT molecular complexity index is 391. The van der Waals surface area contributed by atoms with Crippen molar-refractivity contribution in [1.82, 2.24) is 5.32 Å². The first kappa shape index (κ1) is 14.6. The van der Waals surface area contributed by atoms with E-state index in [4.69, 9.17) is 0 Å². The van der Waals surface area contributed by atoms with Gasteiger partial charge in [0.15, 0.2) is 0 Å². The molecule has 19 heavy (non-hydrogen) atoms. The molecule has 0 radical (unpaired) electrons. The second-order valence-electron chi connectivity index (χ2n) is 6.75. The van der Waals surface area contributed by atoms with Gasteiger partial charge in [0.25, 0.3) is 0 Å². The number of hydrogen-bond acceptors (Lipinski definition) is 1. The summed E-state index contributed by atoms with van der Waals surface area (Å²) in [7, 11) is 2.11. The lowest BCUT2D eigenvalue weighted by Gasteiger charge is -2.34. The maximum absolute atomic E-state index is 3.57. The van der Waals surface area contributed by atoms with Gasteiger partial charge in [-0.05, 0) is 48.8 Å². The van der Waals surface area contributed by atoms with E-state index in [2.05, 4.69) is 57.4 Å². The summed E-state index contributed by atoms with van der Waals surface area (Å²) in [5.41, 5.74) is 3.39. The minimum absolute atomic E-state index is 0.468. The average molecular weight is 259 g/mol. The summed E-state index contributed by atoms with van der Waals surface area (Å²) in [6.07, 6.45) is 6.52. The molecule has 1 saturated carbocycles. The van der Waals surface area contributed by atoms with Crippen LogP contribution in [-0.2, 0) is 6.42 Å². The van der Waals surface area contributed by atoms with Gasteiger partial charge in [-0.3, -0.25) is 0 Å². The molecule has 1 aromatic carbocycles. The maximum atomic E-state index is 3.57. The topological polar surface area (TPSA) is 12.0 Å². The van der Waals surface area contributed by atoms with Crippen molar-refractivity contribution < 1.29 is 0 Å². The zero-order chi connectivity index (χ0) is 13.9. The Kier molecular flexibility index (Phi) is 4.67. The van der Waals surface area contributed by atoms with E-state index in [1.807, 2.05) is 0 Å². The van der Waals surface area contributed by atoms with E-state index in [0.29, 0.717) is 11.5 Å². The van der Waals surface area contributed by atoms with Gasteiger partial charge in [-0.15, -0.1) is 0 Å². The van der Waals surface area contributed by atoms with Crippen molar-refractivity contribution in [3.63, 3.8) is 0 Å². The van der Waals surface area contributed by atoms with E-state index in [-0.39, 0.29) is 0 Å². The number of nitrogens with one attached hydrogen (secondary N) is 1. The standard InChI is InChI=1S/C18H29N/c1-5-7-14-9-11-15(12-10-14)17(19-4)16-8-6-13-18(16,2)3/h9-12,16-17,19H,5-8,13H2,1-4H3. The van der Waals surface area contributed by atoms with Gasteiger partial charge in [-0.2, -0.15) is 0 Å². The van der Waals surface area contributed by atoms with Crippen LogP contribution in [-0.4, -0.2) is 7.05 Å². The molecule has 0 aromatic heterocycles. The average Bonchev–Trinajstić information content (AvgIpc) is 2.73. The molecule has 2 rings (SSSR count). The van der Waals surface area contributed by atoms with Crippen LogP contribution in [0.3, 0.4) is 0 Å². The summed E-state index contributed by atoms with van der Waals surface area (Å²) >= 11 is 0. The molecule has 0 aliphatic heterocycles. The van der Waals surface area contributed by atoms with E-state index >= 15 is 0 Å². The van der Waals surface area contributed by atoms with Gasteiger partial charge in [-0.1, -0.05) is 57.9 Å². The van der Waals surface area contributed by atoms with E-state index in [1.54, 1.807) is 0 Å². The van der Waals surface area contributed by atoms with Crippen LogP contribution in [0.4, 0.5) is 0 Å². The molecule has 1 fully saturated rings. The second kappa shape index (κ2) is 6.09. The molecule has 0 bridgehead atoms. The molecule has 0 amide bonds. The normalized spacial score (nSPS) is 23.5. The van der Waals surface area contributed by atoms with Gasteiger partial charge in [-0.25, -0.2) is 0 Å². The summed E-state index contributed by atoms with van der Waals surface area (Å²) in [5.74, 6) is 0.759. The zero-order valence-corrected chi connectivity index (χ0v) is 13.0. The lowest BCUT2D eigenvalue weighted by molar-refractivity contribution is 0.203. The lowest BCUT2D eigenvalue weighted by Crippen LogP contribution is -2.31. The van der Waals surface area contributed by atoms with E-state index in [0.717, 1.165) is 5.92 Å². The first-order chi connectivity index (χ1) is 9.08. The van der Waals surface area contributed by atoms with Crippen LogP contribution in [0.5, 0.6) is 0 Å². The minimum atomic E-state index is 0.468. The molecule has 1 N–H and O–H groups in total. The van der Waals surface area contributed by atoms with Crippen molar-refractivity contribution in [3.8, 4) is 0 Å².